The Hall–Kier alpha value is -3.21. The van der Waals surface area contributed by atoms with Crippen LogP contribution in [0.4, 0.5) is 0 Å². The summed E-state index contributed by atoms with van der Waals surface area (Å²) in [7, 11) is 1.51. The van der Waals surface area contributed by atoms with Gasteiger partial charge in [-0.05, 0) is 49.4 Å². The summed E-state index contributed by atoms with van der Waals surface area (Å²) >= 11 is 0. The third-order valence-corrected chi connectivity index (χ3v) is 5.12. The van der Waals surface area contributed by atoms with Crippen LogP contribution in [0.1, 0.15) is 44.8 Å². The van der Waals surface area contributed by atoms with Crippen LogP contribution in [0.5, 0.6) is 5.75 Å². The lowest BCUT2D eigenvalue weighted by Crippen LogP contribution is -2.19. The highest BCUT2D eigenvalue weighted by molar-refractivity contribution is 6.07. The second-order valence-electron chi connectivity index (χ2n) is 6.84. The van der Waals surface area contributed by atoms with Crippen molar-refractivity contribution in [1.29, 1.82) is 0 Å². The number of carbonyl (C=O) groups is 2. The highest BCUT2D eigenvalue weighted by atomic mass is 16.5. The fourth-order valence-electron chi connectivity index (χ4n) is 3.76. The number of esters is 1. The molecule has 5 heteroatoms. The van der Waals surface area contributed by atoms with Gasteiger partial charge in [0.25, 0.3) is 0 Å². The molecule has 142 valence electrons. The lowest BCUT2D eigenvalue weighted by atomic mass is 9.90. The number of para-hydroxylation sites is 2. The molecule has 0 N–H and O–H groups in total. The number of fused-ring (bicyclic) bond motifs is 2. The predicted molar refractivity (Wildman–Crippen MR) is 106 cm³/mol. The summed E-state index contributed by atoms with van der Waals surface area (Å²) in [6, 6.07) is 14.5. The monoisotopic (exact) mass is 375 g/mol. The number of carbonyl (C=O) groups excluding carboxylic acids is 2. The zero-order chi connectivity index (χ0) is 19.5. The van der Waals surface area contributed by atoms with Crippen LogP contribution in [0.3, 0.4) is 0 Å². The normalized spacial score (nSPS) is 13.0. The topological polar surface area (TPSA) is 65.5 Å². The summed E-state index contributed by atoms with van der Waals surface area (Å²) in [5, 5.41) is 0.776. The van der Waals surface area contributed by atoms with Crippen molar-refractivity contribution in [3.05, 3.63) is 70.9 Å². The Bertz CT molecular complexity index is 1060. The van der Waals surface area contributed by atoms with Gasteiger partial charge in [-0.3, -0.25) is 9.78 Å². The number of hydrogen-bond donors (Lipinski definition) is 0. The van der Waals surface area contributed by atoms with Crippen molar-refractivity contribution < 1.29 is 19.1 Å². The first-order valence-corrected chi connectivity index (χ1v) is 9.43. The number of ether oxygens (including phenoxy) is 2. The molecule has 5 nitrogen and oxygen atoms in total. The fraction of sp³-hybridized carbons (Fsp3) is 0.261. The zero-order valence-electron chi connectivity index (χ0n) is 15.7. The molecular weight excluding hydrogens is 354 g/mol. The first kappa shape index (κ1) is 18.2. The summed E-state index contributed by atoms with van der Waals surface area (Å²) in [6.45, 7) is -0.329. The first-order chi connectivity index (χ1) is 13.7. The molecule has 0 spiro atoms. The average Bonchev–Trinajstić information content (AvgIpc) is 2.75. The molecule has 2 aromatic carbocycles. The number of benzene rings is 2. The Morgan fingerprint density at radius 1 is 1.00 bits per heavy atom. The van der Waals surface area contributed by atoms with E-state index in [-0.39, 0.29) is 12.4 Å². The van der Waals surface area contributed by atoms with Gasteiger partial charge in [-0.2, -0.15) is 0 Å². The van der Waals surface area contributed by atoms with Gasteiger partial charge < -0.3 is 9.47 Å². The number of methoxy groups -OCH3 is 1. The van der Waals surface area contributed by atoms with Crippen LogP contribution >= 0.6 is 0 Å². The quantitative estimate of drug-likeness (QED) is 0.495. The van der Waals surface area contributed by atoms with Crippen LogP contribution in [-0.2, 0) is 17.6 Å². The van der Waals surface area contributed by atoms with Gasteiger partial charge in [-0.15, -0.1) is 0 Å². The van der Waals surface area contributed by atoms with Gasteiger partial charge in [0.1, 0.15) is 5.75 Å². The summed E-state index contributed by atoms with van der Waals surface area (Å²) in [6.07, 6.45) is 3.76. The van der Waals surface area contributed by atoms with Crippen molar-refractivity contribution in [2.45, 2.75) is 25.7 Å². The molecule has 28 heavy (non-hydrogen) atoms. The molecule has 0 unspecified atom stereocenters. The van der Waals surface area contributed by atoms with Crippen LogP contribution < -0.4 is 4.74 Å². The van der Waals surface area contributed by atoms with E-state index in [1.807, 2.05) is 24.3 Å². The summed E-state index contributed by atoms with van der Waals surface area (Å²) in [5.41, 5.74) is 3.66. The Kier molecular flexibility index (Phi) is 5.06. The molecule has 1 heterocycles. The molecule has 0 bridgehead atoms. The molecule has 1 aliphatic carbocycles. The summed E-state index contributed by atoms with van der Waals surface area (Å²) in [5.74, 6) is -0.298. The number of aromatic nitrogens is 1. The Balaban J connectivity index is 1.63. The van der Waals surface area contributed by atoms with Crippen molar-refractivity contribution in [3.63, 3.8) is 0 Å². The number of Topliss-reactive ketones (excluding diaryl/α,β-unsaturated/α-hetero) is 1. The maximum Gasteiger partial charge on any atom is 0.339 e. The van der Waals surface area contributed by atoms with E-state index < -0.39 is 5.97 Å². The van der Waals surface area contributed by atoms with E-state index in [0.29, 0.717) is 16.9 Å². The summed E-state index contributed by atoms with van der Waals surface area (Å²) in [4.78, 5) is 30.3. The van der Waals surface area contributed by atoms with E-state index in [9.17, 15) is 9.59 Å². The Labute approximate surface area is 163 Å². The van der Waals surface area contributed by atoms with E-state index in [1.54, 1.807) is 24.3 Å². The SMILES string of the molecule is COc1ccccc1C(=O)COC(=O)c1c2c(nc3ccccc13)CCCC2. The van der Waals surface area contributed by atoms with Crippen molar-refractivity contribution in [1.82, 2.24) is 4.98 Å². The number of rotatable bonds is 5. The smallest absolute Gasteiger partial charge is 0.339 e. The maximum atomic E-state index is 13.0. The molecule has 0 atom stereocenters. The van der Waals surface area contributed by atoms with Crippen LogP contribution in [0.2, 0.25) is 0 Å². The molecule has 1 aliphatic rings. The highest BCUT2D eigenvalue weighted by Crippen LogP contribution is 2.30. The van der Waals surface area contributed by atoms with E-state index in [4.69, 9.17) is 14.5 Å². The molecule has 1 aromatic heterocycles. The number of ketones is 1. The van der Waals surface area contributed by atoms with Gasteiger partial charge >= 0.3 is 5.97 Å². The van der Waals surface area contributed by atoms with Gasteiger partial charge in [-0.25, -0.2) is 4.79 Å². The van der Waals surface area contributed by atoms with Crippen LogP contribution in [0.15, 0.2) is 48.5 Å². The highest BCUT2D eigenvalue weighted by Gasteiger charge is 2.24. The molecule has 0 saturated heterocycles. The van der Waals surface area contributed by atoms with Crippen molar-refractivity contribution in [2.75, 3.05) is 13.7 Å². The summed E-state index contributed by atoms with van der Waals surface area (Å²) < 4.78 is 10.7. The number of aryl methyl sites for hydroxylation is 1. The molecule has 0 aliphatic heterocycles. The largest absolute Gasteiger partial charge is 0.496 e. The molecule has 0 radical (unpaired) electrons. The van der Waals surface area contributed by atoms with Gasteiger partial charge in [0.05, 0.1) is 23.8 Å². The van der Waals surface area contributed by atoms with E-state index in [2.05, 4.69) is 0 Å². The molecule has 0 fully saturated rings. The van der Waals surface area contributed by atoms with Gasteiger partial charge in [0, 0.05) is 11.1 Å². The van der Waals surface area contributed by atoms with Crippen LogP contribution in [0.25, 0.3) is 10.9 Å². The van der Waals surface area contributed by atoms with Crippen molar-refractivity contribution in [2.24, 2.45) is 0 Å². The maximum absolute atomic E-state index is 13.0. The van der Waals surface area contributed by atoms with E-state index in [0.717, 1.165) is 47.8 Å². The van der Waals surface area contributed by atoms with Gasteiger partial charge in [0.15, 0.2) is 6.61 Å². The number of nitrogens with zero attached hydrogens (tertiary/aromatic N) is 1. The third-order valence-electron chi connectivity index (χ3n) is 5.12. The van der Waals surface area contributed by atoms with E-state index >= 15 is 0 Å². The second-order valence-corrected chi connectivity index (χ2v) is 6.84. The molecule has 0 amide bonds. The van der Waals surface area contributed by atoms with Gasteiger partial charge in [-0.1, -0.05) is 30.3 Å². The predicted octanol–water partition coefficient (Wildman–Crippen LogP) is 4.16. The zero-order valence-corrected chi connectivity index (χ0v) is 15.7. The molecular formula is C23H21NO4. The number of hydrogen-bond acceptors (Lipinski definition) is 5. The Morgan fingerprint density at radius 2 is 1.75 bits per heavy atom. The number of pyridine rings is 1. The fourth-order valence-corrected chi connectivity index (χ4v) is 3.76. The lowest BCUT2D eigenvalue weighted by molar-refractivity contribution is 0.0474. The Morgan fingerprint density at radius 3 is 2.61 bits per heavy atom. The molecule has 0 saturated carbocycles. The third kappa shape index (κ3) is 3.36. The standard InChI is InChI=1S/C23H21NO4/c1-27-21-13-7-4-10-17(21)20(25)14-28-23(26)22-15-8-2-5-11-18(15)24-19-12-6-3-9-16(19)22/h2,4-5,7-8,10-11,13H,3,6,9,12,14H2,1H3. The lowest BCUT2D eigenvalue weighted by Gasteiger charge is -2.20. The molecule has 4 rings (SSSR count). The van der Waals surface area contributed by atoms with Crippen LogP contribution in [0, 0.1) is 0 Å². The van der Waals surface area contributed by atoms with Crippen molar-refractivity contribution in [3.8, 4) is 5.75 Å². The molecule has 3 aromatic rings. The second kappa shape index (κ2) is 7.80. The minimum Gasteiger partial charge on any atom is -0.496 e. The minimum absolute atomic E-state index is 0.293. The van der Waals surface area contributed by atoms with E-state index in [1.165, 1.54) is 7.11 Å². The van der Waals surface area contributed by atoms with Gasteiger partial charge in [0.2, 0.25) is 5.78 Å². The average molecular weight is 375 g/mol. The van der Waals surface area contributed by atoms with Crippen LogP contribution in [-0.4, -0.2) is 30.5 Å². The minimum atomic E-state index is -0.472. The first-order valence-electron chi connectivity index (χ1n) is 9.43. The van der Waals surface area contributed by atoms with Crippen molar-refractivity contribution >= 4 is 22.7 Å².